The summed E-state index contributed by atoms with van der Waals surface area (Å²) in [6.45, 7) is 0. The number of thioether (sulfide) groups is 1. The normalized spacial score (nSPS) is 18.5. The van der Waals surface area contributed by atoms with E-state index in [1.807, 2.05) is 11.3 Å². The fraction of sp³-hybridized carbons (Fsp3) is 0.556. The van der Waals surface area contributed by atoms with Crippen LogP contribution in [0.3, 0.4) is 0 Å². The fourth-order valence-electron chi connectivity index (χ4n) is 1.43. The van der Waals surface area contributed by atoms with Gasteiger partial charge in [0.2, 0.25) is 0 Å². The first-order valence-corrected chi connectivity index (χ1v) is 6.13. The minimum Gasteiger partial charge on any atom is -0.162 e. The Morgan fingerprint density at radius 1 is 1.18 bits per heavy atom. The summed E-state index contributed by atoms with van der Waals surface area (Å²) in [6.07, 6.45) is 3.99. The van der Waals surface area contributed by atoms with Crippen LogP contribution in [-0.4, -0.2) is 11.5 Å². The summed E-state index contributed by atoms with van der Waals surface area (Å²) in [5.41, 5.74) is 1.61. The Balaban J connectivity index is 2.18. The molecule has 1 aliphatic heterocycles. The average molecular weight is 184 g/mol. The first-order chi connectivity index (χ1) is 5.47. The highest BCUT2D eigenvalue weighted by atomic mass is 32.2. The highest BCUT2D eigenvalue weighted by Crippen LogP contribution is 2.23. The minimum atomic E-state index is 1.30. The molecule has 2 rings (SSSR count). The van der Waals surface area contributed by atoms with Crippen molar-refractivity contribution >= 4 is 23.1 Å². The Hall–Kier alpha value is 0.0500. The average Bonchev–Trinajstić information content (AvgIpc) is 2.35. The van der Waals surface area contributed by atoms with Crippen LogP contribution in [-0.2, 0) is 12.8 Å². The van der Waals surface area contributed by atoms with Crippen LogP contribution < -0.4 is 0 Å². The number of aryl methyl sites for hydroxylation is 2. The SMILES string of the molecule is c1cc2c(s1)CCCSCC2. The number of thiophene rings is 1. The fourth-order valence-corrected chi connectivity index (χ4v) is 3.33. The van der Waals surface area contributed by atoms with Gasteiger partial charge in [-0.1, -0.05) is 0 Å². The maximum atomic E-state index is 2.30. The van der Waals surface area contributed by atoms with Crippen LogP contribution in [0.4, 0.5) is 0 Å². The van der Waals surface area contributed by atoms with Crippen molar-refractivity contribution in [3.05, 3.63) is 21.9 Å². The number of hydrogen-bond donors (Lipinski definition) is 0. The van der Waals surface area contributed by atoms with Crippen LogP contribution in [0.25, 0.3) is 0 Å². The molecule has 0 N–H and O–H groups in total. The molecule has 0 bridgehead atoms. The highest BCUT2D eigenvalue weighted by Gasteiger charge is 2.06. The van der Waals surface area contributed by atoms with Gasteiger partial charge in [-0.05, 0) is 47.8 Å². The molecule has 1 aliphatic rings. The van der Waals surface area contributed by atoms with Crippen molar-refractivity contribution in [3.8, 4) is 0 Å². The van der Waals surface area contributed by atoms with Gasteiger partial charge < -0.3 is 0 Å². The molecule has 0 saturated carbocycles. The van der Waals surface area contributed by atoms with Gasteiger partial charge >= 0.3 is 0 Å². The van der Waals surface area contributed by atoms with E-state index in [1.165, 1.54) is 30.8 Å². The number of rotatable bonds is 0. The molecular weight excluding hydrogens is 172 g/mol. The molecule has 0 radical (unpaired) electrons. The maximum absolute atomic E-state index is 2.30. The zero-order valence-electron chi connectivity index (χ0n) is 6.51. The molecule has 0 atom stereocenters. The van der Waals surface area contributed by atoms with Crippen LogP contribution >= 0.6 is 23.1 Å². The predicted octanol–water partition coefficient (Wildman–Crippen LogP) is 2.97. The van der Waals surface area contributed by atoms with Crippen molar-refractivity contribution in [2.45, 2.75) is 19.3 Å². The van der Waals surface area contributed by atoms with Crippen molar-refractivity contribution in [1.29, 1.82) is 0 Å². The van der Waals surface area contributed by atoms with Crippen molar-refractivity contribution in [2.75, 3.05) is 11.5 Å². The van der Waals surface area contributed by atoms with Crippen LogP contribution in [0.2, 0.25) is 0 Å². The largest absolute Gasteiger partial charge is 0.162 e. The van der Waals surface area contributed by atoms with Gasteiger partial charge in [0.1, 0.15) is 0 Å². The van der Waals surface area contributed by atoms with Crippen LogP contribution in [0.1, 0.15) is 16.9 Å². The van der Waals surface area contributed by atoms with Gasteiger partial charge in [-0.15, -0.1) is 11.3 Å². The van der Waals surface area contributed by atoms with Crippen LogP contribution in [0, 0.1) is 0 Å². The Kier molecular flexibility index (Phi) is 2.54. The topological polar surface area (TPSA) is 0 Å². The van der Waals surface area contributed by atoms with Crippen LogP contribution in [0.5, 0.6) is 0 Å². The standard InChI is InChI=1S/C9H12S2/c1-2-9-8(4-7-11-9)3-6-10-5-1/h4,7H,1-3,5-6H2. The second kappa shape index (κ2) is 3.63. The summed E-state index contributed by atoms with van der Waals surface area (Å²) in [6, 6.07) is 2.30. The smallest absolute Gasteiger partial charge is 0.00778 e. The second-order valence-electron chi connectivity index (χ2n) is 2.83. The lowest BCUT2D eigenvalue weighted by Gasteiger charge is -2.07. The van der Waals surface area contributed by atoms with Gasteiger partial charge in [-0.2, -0.15) is 11.8 Å². The molecule has 0 aromatic carbocycles. The first-order valence-electron chi connectivity index (χ1n) is 4.10. The van der Waals surface area contributed by atoms with E-state index >= 15 is 0 Å². The molecule has 0 spiro atoms. The third-order valence-electron chi connectivity index (χ3n) is 2.05. The van der Waals surface area contributed by atoms with E-state index < -0.39 is 0 Å². The monoisotopic (exact) mass is 184 g/mol. The van der Waals surface area contributed by atoms with E-state index in [-0.39, 0.29) is 0 Å². The van der Waals surface area contributed by atoms with E-state index in [9.17, 15) is 0 Å². The summed E-state index contributed by atoms with van der Waals surface area (Å²) >= 11 is 4.04. The molecule has 2 heterocycles. The Bertz CT molecular complexity index is 205. The molecule has 0 saturated heterocycles. The van der Waals surface area contributed by atoms with Crippen molar-refractivity contribution in [1.82, 2.24) is 0 Å². The van der Waals surface area contributed by atoms with Gasteiger partial charge in [0.25, 0.3) is 0 Å². The third-order valence-corrected chi connectivity index (χ3v) is 4.14. The van der Waals surface area contributed by atoms with Gasteiger partial charge in [0.15, 0.2) is 0 Å². The zero-order chi connectivity index (χ0) is 7.52. The molecule has 0 fully saturated rings. The molecular formula is C9H12S2. The summed E-state index contributed by atoms with van der Waals surface area (Å²) in [5, 5.41) is 2.24. The molecule has 11 heavy (non-hydrogen) atoms. The number of hydrogen-bond acceptors (Lipinski definition) is 2. The summed E-state index contributed by atoms with van der Waals surface area (Å²) in [4.78, 5) is 1.64. The molecule has 0 amide bonds. The van der Waals surface area contributed by atoms with E-state index in [4.69, 9.17) is 0 Å². The van der Waals surface area contributed by atoms with Gasteiger partial charge in [0, 0.05) is 4.88 Å². The summed E-state index contributed by atoms with van der Waals surface area (Å²) in [5.74, 6) is 2.68. The number of fused-ring (bicyclic) bond motifs is 1. The maximum Gasteiger partial charge on any atom is 0.00778 e. The Morgan fingerprint density at radius 3 is 3.18 bits per heavy atom. The minimum absolute atomic E-state index is 1.30. The van der Waals surface area contributed by atoms with E-state index in [0.29, 0.717) is 0 Å². The molecule has 0 nitrogen and oxygen atoms in total. The molecule has 1 aromatic heterocycles. The van der Waals surface area contributed by atoms with Gasteiger partial charge in [-0.25, -0.2) is 0 Å². The van der Waals surface area contributed by atoms with Crippen molar-refractivity contribution < 1.29 is 0 Å². The Labute approximate surface area is 76.0 Å². The van der Waals surface area contributed by atoms with Gasteiger partial charge in [-0.3, -0.25) is 0 Å². The molecule has 2 heteroatoms. The van der Waals surface area contributed by atoms with E-state index in [0.717, 1.165) is 0 Å². The van der Waals surface area contributed by atoms with Crippen molar-refractivity contribution in [3.63, 3.8) is 0 Å². The van der Waals surface area contributed by atoms with Gasteiger partial charge in [0.05, 0.1) is 0 Å². The summed E-state index contributed by atoms with van der Waals surface area (Å²) < 4.78 is 0. The molecule has 60 valence electrons. The quantitative estimate of drug-likeness (QED) is 0.597. The van der Waals surface area contributed by atoms with E-state index in [1.54, 1.807) is 10.4 Å². The second-order valence-corrected chi connectivity index (χ2v) is 5.06. The summed E-state index contributed by atoms with van der Waals surface area (Å²) in [7, 11) is 0. The molecule has 0 aliphatic carbocycles. The van der Waals surface area contributed by atoms with Crippen LogP contribution in [0.15, 0.2) is 11.4 Å². The van der Waals surface area contributed by atoms with E-state index in [2.05, 4.69) is 23.2 Å². The Morgan fingerprint density at radius 2 is 2.18 bits per heavy atom. The highest BCUT2D eigenvalue weighted by molar-refractivity contribution is 7.99. The molecule has 0 unspecified atom stereocenters. The lowest BCUT2D eigenvalue weighted by Crippen LogP contribution is -1.98. The lowest BCUT2D eigenvalue weighted by atomic mass is 10.1. The molecule has 1 aromatic rings. The zero-order valence-corrected chi connectivity index (χ0v) is 8.14. The first kappa shape index (κ1) is 7.69. The lowest BCUT2D eigenvalue weighted by molar-refractivity contribution is 0.920. The third kappa shape index (κ3) is 1.79. The van der Waals surface area contributed by atoms with Crippen molar-refractivity contribution in [2.24, 2.45) is 0 Å². The predicted molar refractivity (Wildman–Crippen MR) is 53.7 cm³/mol.